The Morgan fingerprint density at radius 1 is 1.31 bits per heavy atom. The molecule has 2 heterocycles. The summed E-state index contributed by atoms with van der Waals surface area (Å²) in [6, 6.07) is 10.2. The second-order valence-electron chi connectivity index (χ2n) is 7.25. The molecule has 2 N–H and O–H groups in total. The molecular weight excluding hydrogens is 328 g/mol. The van der Waals surface area contributed by atoms with Crippen LogP contribution in [0.3, 0.4) is 0 Å². The monoisotopic (exact) mass is 354 g/mol. The number of amides is 1. The molecule has 1 aliphatic rings. The fourth-order valence-electron chi connectivity index (χ4n) is 3.34. The summed E-state index contributed by atoms with van der Waals surface area (Å²) in [6.07, 6.45) is 1.75. The van der Waals surface area contributed by atoms with E-state index in [9.17, 15) is 9.59 Å². The van der Waals surface area contributed by atoms with Gasteiger partial charge >= 0.3 is 5.69 Å². The van der Waals surface area contributed by atoms with Crippen LogP contribution < -0.4 is 11.0 Å². The van der Waals surface area contributed by atoms with Gasteiger partial charge in [0.15, 0.2) is 0 Å². The third-order valence-electron chi connectivity index (χ3n) is 4.58. The van der Waals surface area contributed by atoms with Crippen molar-refractivity contribution in [3.63, 3.8) is 0 Å². The van der Waals surface area contributed by atoms with Crippen molar-refractivity contribution in [2.45, 2.75) is 33.2 Å². The van der Waals surface area contributed by atoms with Crippen molar-refractivity contribution in [3.8, 4) is 0 Å². The third kappa shape index (κ3) is 4.79. The molecule has 0 aliphatic carbocycles. The fraction of sp³-hybridized carbons (Fsp3) is 0.450. The van der Waals surface area contributed by atoms with E-state index in [0.29, 0.717) is 18.9 Å². The van der Waals surface area contributed by atoms with Crippen molar-refractivity contribution >= 4 is 5.91 Å². The lowest BCUT2D eigenvalue weighted by Gasteiger charge is -2.28. The van der Waals surface area contributed by atoms with E-state index in [0.717, 1.165) is 31.7 Å². The zero-order valence-corrected chi connectivity index (χ0v) is 15.4. The minimum Gasteiger partial charge on any atom is -0.349 e. The first-order chi connectivity index (χ1) is 12.5. The molecule has 6 heteroatoms. The third-order valence-corrected chi connectivity index (χ3v) is 4.58. The second-order valence-corrected chi connectivity index (χ2v) is 7.25. The van der Waals surface area contributed by atoms with Crippen LogP contribution in [0.2, 0.25) is 0 Å². The first-order valence-electron chi connectivity index (χ1n) is 9.19. The Balaban J connectivity index is 1.53. The SMILES string of the molecule is CC(C)Cc1cc(C(=O)NCCN2CCc3ccccc3C2)nc(=O)[nH]1. The summed E-state index contributed by atoms with van der Waals surface area (Å²) in [5.41, 5.74) is 3.24. The van der Waals surface area contributed by atoms with Gasteiger partial charge < -0.3 is 10.3 Å². The van der Waals surface area contributed by atoms with Crippen LogP contribution in [0.4, 0.5) is 0 Å². The minimum atomic E-state index is -0.471. The number of benzene rings is 1. The van der Waals surface area contributed by atoms with Crippen LogP contribution >= 0.6 is 0 Å². The van der Waals surface area contributed by atoms with Gasteiger partial charge in [0, 0.05) is 31.9 Å². The average Bonchev–Trinajstić information content (AvgIpc) is 2.60. The van der Waals surface area contributed by atoms with Crippen LogP contribution in [0, 0.1) is 5.92 Å². The maximum atomic E-state index is 12.3. The van der Waals surface area contributed by atoms with Crippen molar-refractivity contribution in [1.29, 1.82) is 0 Å². The van der Waals surface area contributed by atoms with E-state index in [1.165, 1.54) is 11.1 Å². The van der Waals surface area contributed by atoms with E-state index >= 15 is 0 Å². The largest absolute Gasteiger partial charge is 0.349 e. The number of nitrogens with one attached hydrogen (secondary N) is 2. The number of aromatic amines is 1. The van der Waals surface area contributed by atoms with Gasteiger partial charge in [-0.15, -0.1) is 0 Å². The Bertz CT molecular complexity index is 829. The number of carbonyl (C=O) groups is 1. The summed E-state index contributed by atoms with van der Waals surface area (Å²) in [6.45, 7) is 7.35. The second kappa shape index (κ2) is 8.27. The van der Waals surface area contributed by atoms with E-state index in [2.05, 4.69) is 58.3 Å². The smallest absolute Gasteiger partial charge is 0.345 e. The summed E-state index contributed by atoms with van der Waals surface area (Å²) in [4.78, 5) is 32.8. The molecule has 1 aromatic carbocycles. The standard InChI is InChI=1S/C20H26N4O2/c1-14(2)11-17-12-18(23-20(26)22-17)19(25)21-8-10-24-9-7-15-5-3-4-6-16(15)13-24/h3-6,12,14H,7-11,13H2,1-2H3,(H,21,25)(H,22,23,26). The van der Waals surface area contributed by atoms with Gasteiger partial charge in [-0.3, -0.25) is 9.69 Å². The van der Waals surface area contributed by atoms with Crippen molar-refractivity contribution in [2.24, 2.45) is 5.92 Å². The Kier molecular flexibility index (Phi) is 5.83. The van der Waals surface area contributed by atoms with Gasteiger partial charge in [0.05, 0.1) is 0 Å². The highest BCUT2D eigenvalue weighted by Crippen LogP contribution is 2.17. The van der Waals surface area contributed by atoms with Gasteiger partial charge in [0.2, 0.25) is 0 Å². The molecule has 138 valence electrons. The zero-order valence-electron chi connectivity index (χ0n) is 15.4. The normalized spacial score (nSPS) is 14.3. The Morgan fingerprint density at radius 2 is 2.08 bits per heavy atom. The molecule has 0 atom stereocenters. The van der Waals surface area contributed by atoms with Gasteiger partial charge in [-0.05, 0) is 36.0 Å². The summed E-state index contributed by atoms with van der Waals surface area (Å²) < 4.78 is 0. The molecule has 0 bridgehead atoms. The van der Waals surface area contributed by atoms with Gasteiger partial charge in [0.1, 0.15) is 5.69 Å². The molecule has 1 aromatic heterocycles. The topological polar surface area (TPSA) is 78.1 Å². The van der Waals surface area contributed by atoms with Crippen molar-refractivity contribution in [3.05, 3.63) is 63.3 Å². The molecule has 0 radical (unpaired) electrons. The van der Waals surface area contributed by atoms with Crippen LogP contribution in [0.1, 0.15) is 41.2 Å². The van der Waals surface area contributed by atoms with Gasteiger partial charge in [-0.2, -0.15) is 4.98 Å². The van der Waals surface area contributed by atoms with Crippen molar-refractivity contribution < 1.29 is 4.79 Å². The van der Waals surface area contributed by atoms with Gasteiger partial charge in [-0.1, -0.05) is 38.1 Å². The van der Waals surface area contributed by atoms with Gasteiger partial charge in [-0.25, -0.2) is 4.79 Å². The number of hydrogen-bond acceptors (Lipinski definition) is 4. The van der Waals surface area contributed by atoms with E-state index in [-0.39, 0.29) is 11.6 Å². The highest BCUT2D eigenvalue weighted by atomic mass is 16.2. The molecule has 1 amide bonds. The maximum absolute atomic E-state index is 12.3. The van der Waals surface area contributed by atoms with Crippen molar-refractivity contribution in [1.82, 2.24) is 20.2 Å². The number of nitrogens with zero attached hydrogens (tertiary/aromatic N) is 2. The van der Waals surface area contributed by atoms with Crippen LogP contribution in [0.5, 0.6) is 0 Å². The molecule has 0 saturated carbocycles. The minimum absolute atomic E-state index is 0.188. The molecule has 2 aromatic rings. The quantitative estimate of drug-likeness (QED) is 0.829. The highest BCUT2D eigenvalue weighted by Gasteiger charge is 2.16. The lowest BCUT2D eigenvalue weighted by atomic mass is 10.00. The number of fused-ring (bicyclic) bond motifs is 1. The number of carbonyl (C=O) groups excluding carboxylic acids is 1. The lowest BCUT2D eigenvalue weighted by Crippen LogP contribution is -2.38. The van der Waals surface area contributed by atoms with E-state index in [1.807, 2.05) is 0 Å². The molecule has 1 aliphatic heterocycles. The summed E-state index contributed by atoms with van der Waals surface area (Å²) in [7, 11) is 0. The van der Waals surface area contributed by atoms with Crippen molar-refractivity contribution in [2.75, 3.05) is 19.6 Å². The average molecular weight is 354 g/mol. The molecule has 0 fully saturated rings. The summed E-state index contributed by atoms with van der Waals surface area (Å²) in [5, 5.41) is 2.88. The van der Waals surface area contributed by atoms with E-state index in [4.69, 9.17) is 0 Å². The maximum Gasteiger partial charge on any atom is 0.345 e. The Hall–Kier alpha value is -2.47. The van der Waals surface area contributed by atoms with Crippen LogP contribution in [0.25, 0.3) is 0 Å². The fourth-order valence-corrected chi connectivity index (χ4v) is 3.34. The van der Waals surface area contributed by atoms with E-state index < -0.39 is 5.69 Å². The van der Waals surface area contributed by atoms with Gasteiger partial charge in [0.25, 0.3) is 5.91 Å². The molecule has 3 rings (SSSR count). The number of aromatic nitrogens is 2. The number of rotatable bonds is 6. The molecule has 0 unspecified atom stereocenters. The first-order valence-corrected chi connectivity index (χ1v) is 9.19. The van der Waals surface area contributed by atoms with E-state index in [1.54, 1.807) is 6.07 Å². The van der Waals surface area contributed by atoms with Crippen LogP contribution in [-0.4, -0.2) is 40.4 Å². The molecular formula is C20H26N4O2. The Morgan fingerprint density at radius 3 is 2.85 bits per heavy atom. The lowest BCUT2D eigenvalue weighted by molar-refractivity contribution is 0.0941. The highest BCUT2D eigenvalue weighted by molar-refractivity contribution is 5.92. The van der Waals surface area contributed by atoms with Crippen LogP contribution in [0.15, 0.2) is 35.1 Å². The molecule has 0 saturated heterocycles. The predicted molar refractivity (Wildman–Crippen MR) is 101 cm³/mol. The number of hydrogen-bond donors (Lipinski definition) is 2. The summed E-state index contributed by atoms with van der Waals surface area (Å²) in [5.74, 6) is 0.101. The predicted octanol–water partition coefficient (Wildman–Crippen LogP) is 1.76. The Labute approximate surface area is 153 Å². The molecule has 0 spiro atoms. The zero-order chi connectivity index (χ0) is 18.5. The molecule has 26 heavy (non-hydrogen) atoms. The first kappa shape index (κ1) is 18.3. The molecule has 6 nitrogen and oxygen atoms in total. The number of H-pyrrole nitrogens is 1. The van der Waals surface area contributed by atoms with Crippen LogP contribution in [-0.2, 0) is 19.4 Å². The summed E-state index contributed by atoms with van der Waals surface area (Å²) >= 11 is 0.